The maximum atomic E-state index is 5.61. The maximum Gasteiger partial charge on any atom is 0.0247 e. The lowest BCUT2D eigenvalue weighted by Gasteiger charge is -2.14. The first kappa shape index (κ1) is 11.4. The molecule has 2 rings (SSSR count). The second-order valence-electron chi connectivity index (χ2n) is 4.56. The van der Waals surface area contributed by atoms with E-state index in [1.807, 2.05) is 6.08 Å². The van der Waals surface area contributed by atoms with Gasteiger partial charge in [-0.25, -0.2) is 0 Å². The lowest BCUT2D eigenvalue weighted by molar-refractivity contribution is 0.442. The predicted molar refractivity (Wildman–Crippen MR) is 67.8 cm³/mol. The van der Waals surface area contributed by atoms with Crippen molar-refractivity contribution < 1.29 is 0 Å². The monoisotopic (exact) mass is 216 g/mol. The zero-order chi connectivity index (χ0) is 11.4. The molecule has 2 nitrogen and oxygen atoms in total. The zero-order valence-electron chi connectivity index (χ0n) is 9.60. The molecular formula is C14H20N2. The summed E-state index contributed by atoms with van der Waals surface area (Å²) < 4.78 is 0. The highest BCUT2D eigenvalue weighted by Crippen LogP contribution is 2.50. The molecular weight excluding hydrogens is 196 g/mol. The highest BCUT2D eigenvalue weighted by Gasteiger charge is 2.42. The van der Waals surface area contributed by atoms with Crippen LogP contribution in [0.1, 0.15) is 30.7 Å². The van der Waals surface area contributed by atoms with E-state index in [9.17, 15) is 0 Å². The van der Waals surface area contributed by atoms with E-state index in [0.29, 0.717) is 17.9 Å². The third-order valence-corrected chi connectivity index (χ3v) is 3.48. The van der Waals surface area contributed by atoms with Gasteiger partial charge >= 0.3 is 0 Å². The van der Waals surface area contributed by atoms with Crippen molar-refractivity contribution in [1.82, 2.24) is 5.43 Å². The van der Waals surface area contributed by atoms with Crippen molar-refractivity contribution in [3.05, 3.63) is 48.6 Å². The lowest BCUT2D eigenvalue weighted by atomic mass is 10.0. The molecule has 1 aromatic rings. The molecule has 0 radical (unpaired) electrons. The summed E-state index contributed by atoms with van der Waals surface area (Å²) in [5.74, 6) is 7.01. The third kappa shape index (κ3) is 2.52. The Morgan fingerprint density at radius 3 is 2.81 bits per heavy atom. The molecule has 0 heterocycles. The summed E-state index contributed by atoms with van der Waals surface area (Å²) in [7, 11) is 0. The molecule has 1 aliphatic rings. The largest absolute Gasteiger partial charge is 0.271 e. The molecule has 0 aliphatic heterocycles. The van der Waals surface area contributed by atoms with Crippen LogP contribution >= 0.6 is 0 Å². The molecule has 1 aliphatic carbocycles. The van der Waals surface area contributed by atoms with Crippen molar-refractivity contribution in [3.8, 4) is 0 Å². The average Bonchev–Trinajstić information content (AvgIpc) is 3.12. The number of rotatable bonds is 6. The van der Waals surface area contributed by atoms with Crippen LogP contribution in [0.15, 0.2) is 43.0 Å². The van der Waals surface area contributed by atoms with E-state index in [1.54, 1.807) is 0 Å². The molecule has 1 fully saturated rings. The van der Waals surface area contributed by atoms with E-state index in [2.05, 4.69) is 42.3 Å². The van der Waals surface area contributed by atoms with Gasteiger partial charge in [-0.05, 0) is 36.7 Å². The second-order valence-corrected chi connectivity index (χ2v) is 4.56. The molecule has 3 atom stereocenters. The van der Waals surface area contributed by atoms with Crippen LogP contribution in [-0.2, 0) is 0 Å². The van der Waals surface area contributed by atoms with Crippen LogP contribution in [0.5, 0.6) is 0 Å². The van der Waals surface area contributed by atoms with Gasteiger partial charge in [-0.3, -0.25) is 11.3 Å². The number of hydrazine groups is 1. The fourth-order valence-electron chi connectivity index (χ4n) is 2.46. The molecule has 0 saturated heterocycles. The van der Waals surface area contributed by atoms with Crippen molar-refractivity contribution in [1.29, 1.82) is 0 Å². The van der Waals surface area contributed by atoms with Crippen LogP contribution in [0.25, 0.3) is 0 Å². The van der Waals surface area contributed by atoms with Gasteiger partial charge in [0.1, 0.15) is 0 Å². The van der Waals surface area contributed by atoms with Crippen molar-refractivity contribution in [2.45, 2.75) is 31.2 Å². The molecule has 16 heavy (non-hydrogen) atoms. The van der Waals surface area contributed by atoms with Gasteiger partial charge < -0.3 is 0 Å². The SMILES string of the molecule is C=CCCC(NN)C1CC1c1ccccc1. The smallest absolute Gasteiger partial charge is 0.0247 e. The Hall–Kier alpha value is -1.12. The minimum atomic E-state index is 0.434. The van der Waals surface area contributed by atoms with Crippen LogP contribution in [0.4, 0.5) is 0 Å². The Balaban J connectivity index is 1.92. The van der Waals surface area contributed by atoms with E-state index < -0.39 is 0 Å². The Morgan fingerprint density at radius 2 is 2.19 bits per heavy atom. The fourth-order valence-corrected chi connectivity index (χ4v) is 2.46. The van der Waals surface area contributed by atoms with E-state index in [1.165, 1.54) is 12.0 Å². The Bertz CT molecular complexity index is 334. The summed E-state index contributed by atoms with van der Waals surface area (Å²) in [6, 6.07) is 11.1. The van der Waals surface area contributed by atoms with Gasteiger partial charge in [-0.1, -0.05) is 36.4 Å². The minimum absolute atomic E-state index is 0.434. The highest BCUT2D eigenvalue weighted by atomic mass is 15.2. The van der Waals surface area contributed by atoms with Crippen LogP contribution in [0.3, 0.4) is 0 Å². The Kier molecular flexibility index (Phi) is 3.75. The Morgan fingerprint density at radius 1 is 1.44 bits per heavy atom. The number of benzene rings is 1. The minimum Gasteiger partial charge on any atom is -0.271 e. The van der Waals surface area contributed by atoms with E-state index in [-0.39, 0.29) is 0 Å². The van der Waals surface area contributed by atoms with Gasteiger partial charge in [0.05, 0.1) is 0 Å². The number of hydrogen-bond acceptors (Lipinski definition) is 2. The summed E-state index contributed by atoms with van der Waals surface area (Å²) >= 11 is 0. The molecule has 1 aromatic carbocycles. The topological polar surface area (TPSA) is 38.0 Å². The molecule has 2 heteroatoms. The van der Waals surface area contributed by atoms with Crippen LogP contribution < -0.4 is 11.3 Å². The number of nitrogens with one attached hydrogen (secondary N) is 1. The standard InChI is InChI=1S/C14H20N2/c1-2-3-9-14(16-15)13-10-12(13)11-7-5-4-6-8-11/h2,4-8,12-14,16H,1,3,9-10,15H2. The summed E-state index contributed by atoms with van der Waals surface area (Å²) in [6.07, 6.45) is 5.35. The summed E-state index contributed by atoms with van der Waals surface area (Å²) in [6.45, 7) is 3.76. The molecule has 0 spiro atoms. The van der Waals surface area contributed by atoms with Gasteiger partial charge in [0, 0.05) is 6.04 Å². The predicted octanol–water partition coefficient (Wildman–Crippen LogP) is 2.59. The zero-order valence-corrected chi connectivity index (χ0v) is 9.60. The molecule has 0 bridgehead atoms. The molecule has 86 valence electrons. The summed E-state index contributed by atoms with van der Waals surface area (Å²) in [5.41, 5.74) is 4.40. The van der Waals surface area contributed by atoms with E-state index in [4.69, 9.17) is 5.84 Å². The molecule has 3 unspecified atom stereocenters. The fraction of sp³-hybridized carbons (Fsp3) is 0.429. The van der Waals surface area contributed by atoms with Crippen LogP contribution in [-0.4, -0.2) is 6.04 Å². The first-order valence-electron chi connectivity index (χ1n) is 5.98. The summed E-state index contributed by atoms with van der Waals surface area (Å²) in [5, 5.41) is 0. The average molecular weight is 216 g/mol. The van der Waals surface area contributed by atoms with Gasteiger partial charge in [-0.15, -0.1) is 6.58 Å². The van der Waals surface area contributed by atoms with Crippen molar-refractivity contribution in [2.75, 3.05) is 0 Å². The quantitative estimate of drug-likeness (QED) is 0.436. The van der Waals surface area contributed by atoms with E-state index in [0.717, 1.165) is 12.8 Å². The van der Waals surface area contributed by atoms with Gasteiger partial charge in [-0.2, -0.15) is 0 Å². The van der Waals surface area contributed by atoms with Crippen molar-refractivity contribution in [3.63, 3.8) is 0 Å². The number of nitrogens with two attached hydrogens (primary N) is 1. The maximum absolute atomic E-state index is 5.61. The highest BCUT2D eigenvalue weighted by molar-refractivity contribution is 5.26. The first-order chi connectivity index (χ1) is 7.86. The second kappa shape index (κ2) is 5.28. The number of hydrogen-bond donors (Lipinski definition) is 2. The van der Waals surface area contributed by atoms with Crippen molar-refractivity contribution in [2.24, 2.45) is 11.8 Å². The first-order valence-corrected chi connectivity index (χ1v) is 5.98. The third-order valence-electron chi connectivity index (χ3n) is 3.48. The lowest BCUT2D eigenvalue weighted by Crippen LogP contribution is -2.37. The van der Waals surface area contributed by atoms with E-state index >= 15 is 0 Å². The molecule has 0 aromatic heterocycles. The van der Waals surface area contributed by atoms with Gasteiger partial charge in [0.2, 0.25) is 0 Å². The number of allylic oxidation sites excluding steroid dienone is 1. The molecule has 3 N–H and O–H groups in total. The van der Waals surface area contributed by atoms with Gasteiger partial charge in [0.25, 0.3) is 0 Å². The van der Waals surface area contributed by atoms with Crippen molar-refractivity contribution >= 4 is 0 Å². The van der Waals surface area contributed by atoms with Gasteiger partial charge in [0.15, 0.2) is 0 Å². The summed E-state index contributed by atoms with van der Waals surface area (Å²) in [4.78, 5) is 0. The Labute approximate surface area is 97.5 Å². The normalized spacial score (nSPS) is 25.1. The molecule has 1 saturated carbocycles. The van der Waals surface area contributed by atoms with Crippen LogP contribution in [0, 0.1) is 5.92 Å². The molecule has 0 amide bonds. The van der Waals surface area contributed by atoms with Crippen LogP contribution in [0.2, 0.25) is 0 Å².